The first kappa shape index (κ1) is 17.6. The first-order valence-corrected chi connectivity index (χ1v) is 6.68. The van der Waals surface area contributed by atoms with Gasteiger partial charge in [0.1, 0.15) is 23.6 Å². The average Bonchev–Trinajstić information content (AvgIpc) is 2.37. The minimum atomic E-state index is -1.17. The summed E-state index contributed by atoms with van der Waals surface area (Å²) < 4.78 is 10.1. The number of carbonyl (C=O) groups is 2. The van der Waals surface area contributed by atoms with Gasteiger partial charge in [-0.1, -0.05) is 0 Å². The van der Waals surface area contributed by atoms with Crippen LogP contribution in [0.1, 0.15) is 26.3 Å². The zero-order chi connectivity index (χ0) is 16.9. The van der Waals surface area contributed by atoms with Gasteiger partial charge in [-0.3, -0.25) is 9.69 Å². The van der Waals surface area contributed by atoms with Crippen LogP contribution in [0, 0.1) is 0 Å². The molecular formula is C15H21NO6. The number of amides is 1. The monoisotopic (exact) mass is 311 g/mol. The number of aromatic hydroxyl groups is 1. The molecule has 7 heteroatoms. The van der Waals surface area contributed by atoms with Crippen molar-refractivity contribution >= 4 is 12.1 Å². The summed E-state index contributed by atoms with van der Waals surface area (Å²) in [6, 6.07) is 4.57. The Hall–Kier alpha value is -2.44. The van der Waals surface area contributed by atoms with Crippen LogP contribution in [0.5, 0.6) is 11.5 Å². The van der Waals surface area contributed by atoms with Crippen LogP contribution < -0.4 is 4.74 Å². The van der Waals surface area contributed by atoms with E-state index in [0.29, 0.717) is 11.3 Å². The standard InChI is InChI=1S/C15H21NO6/c1-15(2,3)22-14(20)16(9-13(18)19)8-10-5-6-11(21-4)7-12(10)17/h5-7,17H,8-9H2,1-4H3,(H,18,19). The number of rotatable bonds is 5. The van der Waals surface area contributed by atoms with Crippen LogP contribution in [-0.2, 0) is 16.1 Å². The summed E-state index contributed by atoms with van der Waals surface area (Å²) in [5.74, 6) is -0.791. The lowest BCUT2D eigenvalue weighted by Crippen LogP contribution is -2.39. The molecule has 0 saturated carbocycles. The second kappa shape index (κ2) is 7.02. The Morgan fingerprint density at radius 3 is 2.36 bits per heavy atom. The summed E-state index contributed by atoms with van der Waals surface area (Å²) in [7, 11) is 1.46. The molecule has 0 radical (unpaired) electrons. The number of ether oxygens (including phenoxy) is 2. The SMILES string of the molecule is COc1ccc(CN(CC(=O)O)C(=O)OC(C)(C)C)c(O)c1. The summed E-state index contributed by atoms with van der Waals surface area (Å²) in [4.78, 5) is 24.0. The number of carbonyl (C=O) groups excluding carboxylic acids is 1. The maximum Gasteiger partial charge on any atom is 0.411 e. The maximum atomic E-state index is 12.1. The second-order valence-electron chi connectivity index (χ2n) is 5.72. The molecule has 0 heterocycles. The third-order valence-corrected chi connectivity index (χ3v) is 2.63. The summed E-state index contributed by atoms with van der Waals surface area (Å²) in [6.07, 6.45) is -0.759. The van der Waals surface area contributed by atoms with Gasteiger partial charge in [0.2, 0.25) is 0 Å². The Morgan fingerprint density at radius 1 is 1.27 bits per heavy atom. The molecule has 0 aliphatic heterocycles. The molecule has 122 valence electrons. The highest BCUT2D eigenvalue weighted by molar-refractivity contribution is 5.77. The fourth-order valence-corrected chi connectivity index (χ4v) is 1.68. The molecule has 1 amide bonds. The predicted octanol–water partition coefficient (Wildman–Crippen LogP) is 2.22. The zero-order valence-electron chi connectivity index (χ0n) is 13.1. The van der Waals surface area contributed by atoms with Gasteiger partial charge in [0.05, 0.1) is 13.7 Å². The van der Waals surface area contributed by atoms with Crippen LogP contribution >= 0.6 is 0 Å². The van der Waals surface area contributed by atoms with E-state index < -0.39 is 24.2 Å². The highest BCUT2D eigenvalue weighted by atomic mass is 16.6. The van der Waals surface area contributed by atoms with E-state index in [9.17, 15) is 14.7 Å². The number of phenols is 1. The van der Waals surface area contributed by atoms with Gasteiger partial charge in [-0.25, -0.2) is 4.79 Å². The van der Waals surface area contributed by atoms with E-state index in [-0.39, 0.29) is 12.3 Å². The van der Waals surface area contributed by atoms with Crippen molar-refractivity contribution < 1.29 is 29.3 Å². The smallest absolute Gasteiger partial charge is 0.411 e. The maximum absolute atomic E-state index is 12.1. The Balaban J connectivity index is 2.94. The number of methoxy groups -OCH3 is 1. The van der Waals surface area contributed by atoms with Gasteiger partial charge >= 0.3 is 12.1 Å². The van der Waals surface area contributed by atoms with Gasteiger partial charge in [0, 0.05) is 11.6 Å². The molecule has 0 aliphatic carbocycles. The number of nitrogens with zero attached hydrogens (tertiary/aromatic N) is 1. The fraction of sp³-hybridized carbons (Fsp3) is 0.467. The zero-order valence-corrected chi connectivity index (χ0v) is 13.1. The molecule has 0 bridgehead atoms. The quantitative estimate of drug-likeness (QED) is 0.865. The van der Waals surface area contributed by atoms with E-state index in [1.165, 1.54) is 13.2 Å². The number of carboxylic acid groups (broad SMARTS) is 1. The molecule has 0 atom stereocenters. The van der Waals surface area contributed by atoms with Crippen LogP contribution in [0.3, 0.4) is 0 Å². The van der Waals surface area contributed by atoms with Crippen LogP contribution in [0.25, 0.3) is 0 Å². The molecule has 2 N–H and O–H groups in total. The van der Waals surface area contributed by atoms with Crippen LogP contribution in [0.15, 0.2) is 18.2 Å². The third-order valence-electron chi connectivity index (χ3n) is 2.63. The second-order valence-corrected chi connectivity index (χ2v) is 5.72. The van der Waals surface area contributed by atoms with Gasteiger partial charge in [0.15, 0.2) is 0 Å². The Bertz CT molecular complexity index is 549. The van der Waals surface area contributed by atoms with E-state index >= 15 is 0 Å². The third kappa shape index (κ3) is 5.51. The molecule has 0 saturated heterocycles. The molecule has 0 spiro atoms. The number of aliphatic carboxylic acids is 1. The minimum Gasteiger partial charge on any atom is -0.507 e. The first-order valence-electron chi connectivity index (χ1n) is 6.68. The minimum absolute atomic E-state index is 0.0849. The molecular weight excluding hydrogens is 290 g/mol. The van der Waals surface area contributed by atoms with Crippen molar-refractivity contribution in [2.24, 2.45) is 0 Å². The van der Waals surface area contributed by atoms with E-state index in [4.69, 9.17) is 14.6 Å². The lowest BCUT2D eigenvalue weighted by atomic mass is 10.1. The highest BCUT2D eigenvalue weighted by Gasteiger charge is 2.24. The topological polar surface area (TPSA) is 96.3 Å². The molecule has 1 aromatic carbocycles. The largest absolute Gasteiger partial charge is 0.507 e. The van der Waals surface area contributed by atoms with E-state index in [0.717, 1.165) is 4.90 Å². The Labute approximate surface area is 129 Å². The van der Waals surface area contributed by atoms with Gasteiger partial charge < -0.3 is 19.7 Å². The lowest BCUT2D eigenvalue weighted by molar-refractivity contribution is -0.138. The molecule has 22 heavy (non-hydrogen) atoms. The van der Waals surface area contributed by atoms with E-state index in [1.807, 2.05) is 0 Å². The van der Waals surface area contributed by atoms with Gasteiger partial charge in [-0.15, -0.1) is 0 Å². The number of carboxylic acids is 1. The fourth-order valence-electron chi connectivity index (χ4n) is 1.68. The van der Waals surface area contributed by atoms with Gasteiger partial charge in [0.25, 0.3) is 0 Å². The number of phenolic OH excluding ortho intramolecular Hbond substituents is 1. The Kier molecular flexibility index (Phi) is 5.62. The molecule has 7 nitrogen and oxygen atoms in total. The number of hydrogen-bond donors (Lipinski definition) is 2. The van der Waals surface area contributed by atoms with Gasteiger partial charge in [-0.2, -0.15) is 0 Å². The normalized spacial score (nSPS) is 10.9. The van der Waals surface area contributed by atoms with E-state index in [2.05, 4.69) is 0 Å². The van der Waals surface area contributed by atoms with Crippen molar-refractivity contribution in [2.45, 2.75) is 32.9 Å². The van der Waals surface area contributed by atoms with Crippen molar-refractivity contribution in [2.75, 3.05) is 13.7 Å². The van der Waals surface area contributed by atoms with Crippen LogP contribution in [-0.4, -0.2) is 46.4 Å². The average molecular weight is 311 g/mol. The molecule has 0 aliphatic rings. The highest BCUT2D eigenvalue weighted by Crippen LogP contribution is 2.25. The molecule has 0 unspecified atom stereocenters. The van der Waals surface area contributed by atoms with Crippen molar-refractivity contribution in [1.82, 2.24) is 4.90 Å². The molecule has 0 aromatic heterocycles. The summed E-state index contributed by atoms with van der Waals surface area (Å²) >= 11 is 0. The van der Waals surface area contributed by atoms with Crippen molar-refractivity contribution in [1.29, 1.82) is 0 Å². The number of benzene rings is 1. The summed E-state index contributed by atoms with van der Waals surface area (Å²) in [6.45, 7) is 4.45. The first-order chi connectivity index (χ1) is 10.1. The van der Waals surface area contributed by atoms with E-state index in [1.54, 1.807) is 32.9 Å². The lowest BCUT2D eigenvalue weighted by Gasteiger charge is -2.26. The van der Waals surface area contributed by atoms with Crippen molar-refractivity contribution in [3.05, 3.63) is 23.8 Å². The summed E-state index contributed by atoms with van der Waals surface area (Å²) in [5, 5.41) is 18.8. The molecule has 1 aromatic rings. The van der Waals surface area contributed by atoms with Crippen molar-refractivity contribution in [3.63, 3.8) is 0 Å². The summed E-state index contributed by atoms with van der Waals surface area (Å²) in [5.41, 5.74) is -0.344. The molecule has 0 fully saturated rings. The molecule has 1 rings (SSSR count). The van der Waals surface area contributed by atoms with Crippen LogP contribution in [0.2, 0.25) is 0 Å². The number of hydrogen-bond acceptors (Lipinski definition) is 5. The van der Waals surface area contributed by atoms with Gasteiger partial charge in [-0.05, 0) is 32.9 Å². The van der Waals surface area contributed by atoms with Crippen LogP contribution in [0.4, 0.5) is 4.79 Å². The Morgan fingerprint density at radius 2 is 1.91 bits per heavy atom. The van der Waals surface area contributed by atoms with Crippen molar-refractivity contribution in [3.8, 4) is 11.5 Å². The predicted molar refractivity (Wildman–Crippen MR) is 78.9 cm³/mol.